The summed E-state index contributed by atoms with van der Waals surface area (Å²) in [6.45, 7) is 2.98. The summed E-state index contributed by atoms with van der Waals surface area (Å²) >= 11 is 0. The average molecular weight is 356 g/mol. The molecule has 3 heterocycles. The molecule has 1 aliphatic rings. The largest absolute Gasteiger partial charge is 0.368 e. The van der Waals surface area contributed by atoms with Crippen LogP contribution >= 0.6 is 0 Å². The normalized spacial score (nSPS) is 19.7. The molecular weight excluding hydrogens is 332 g/mol. The maximum absolute atomic E-state index is 12.7. The standard InChI is InChI=1S/C18H24N6O2/c1-12-14(11-22-24(12)3)17-13(10-16(25)23(17)2)18(26)21-9-8-20-15-6-4-5-7-19-15/h4-7,11,13,17H,8-10H2,1-3H3,(H,19,20)(H,21,26)/t13-,17-/m0/s1. The van der Waals surface area contributed by atoms with E-state index in [0.29, 0.717) is 13.1 Å². The van der Waals surface area contributed by atoms with Crippen molar-refractivity contribution in [3.8, 4) is 0 Å². The van der Waals surface area contributed by atoms with E-state index in [2.05, 4.69) is 20.7 Å². The van der Waals surface area contributed by atoms with Crippen molar-refractivity contribution in [3.05, 3.63) is 41.9 Å². The van der Waals surface area contributed by atoms with Crippen LogP contribution in [0.3, 0.4) is 0 Å². The maximum atomic E-state index is 12.7. The van der Waals surface area contributed by atoms with Gasteiger partial charge in [-0.1, -0.05) is 6.07 Å². The molecule has 8 heteroatoms. The van der Waals surface area contributed by atoms with Gasteiger partial charge in [0, 0.05) is 51.1 Å². The molecule has 2 atom stereocenters. The number of nitrogens with one attached hydrogen (secondary N) is 2. The van der Waals surface area contributed by atoms with Gasteiger partial charge in [0.2, 0.25) is 11.8 Å². The second-order valence-electron chi connectivity index (χ2n) is 6.50. The molecule has 138 valence electrons. The Labute approximate surface area is 152 Å². The first-order valence-corrected chi connectivity index (χ1v) is 8.66. The molecule has 2 amide bonds. The number of nitrogens with zero attached hydrogens (tertiary/aromatic N) is 4. The van der Waals surface area contributed by atoms with Crippen molar-refractivity contribution in [2.75, 3.05) is 25.5 Å². The molecular formula is C18H24N6O2. The van der Waals surface area contributed by atoms with Gasteiger partial charge in [0.1, 0.15) is 5.82 Å². The lowest BCUT2D eigenvalue weighted by molar-refractivity contribution is -0.128. The predicted octanol–water partition coefficient (Wildman–Crippen LogP) is 0.871. The van der Waals surface area contributed by atoms with Crippen LogP contribution in [-0.4, -0.2) is 51.6 Å². The summed E-state index contributed by atoms with van der Waals surface area (Å²) in [4.78, 5) is 30.7. The summed E-state index contributed by atoms with van der Waals surface area (Å²) in [6.07, 6.45) is 3.68. The van der Waals surface area contributed by atoms with E-state index in [0.717, 1.165) is 17.1 Å². The SMILES string of the molecule is Cc1c([C@@H]2[C@@H](C(=O)NCCNc3ccccn3)CC(=O)N2C)cnn1C. The first-order valence-electron chi connectivity index (χ1n) is 8.66. The van der Waals surface area contributed by atoms with Crippen LogP contribution in [0.1, 0.15) is 23.7 Å². The smallest absolute Gasteiger partial charge is 0.226 e. The molecule has 0 saturated carbocycles. The second kappa shape index (κ2) is 7.55. The first kappa shape index (κ1) is 17.9. The molecule has 0 aromatic carbocycles. The van der Waals surface area contributed by atoms with Crippen molar-refractivity contribution in [1.82, 2.24) is 25.0 Å². The Bertz CT molecular complexity index is 788. The molecule has 26 heavy (non-hydrogen) atoms. The van der Waals surface area contributed by atoms with Crippen LogP contribution in [0.25, 0.3) is 0 Å². The molecule has 2 N–H and O–H groups in total. The quantitative estimate of drug-likeness (QED) is 0.750. The summed E-state index contributed by atoms with van der Waals surface area (Å²) in [5.41, 5.74) is 1.89. The van der Waals surface area contributed by atoms with Crippen LogP contribution in [0, 0.1) is 12.8 Å². The van der Waals surface area contributed by atoms with E-state index in [1.54, 1.807) is 29.0 Å². The Morgan fingerprint density at radius 2 is 2.12 bits per heavy atom. The van der Waals surface area contributed by atoms with E-state index in [-0.39, 0.29) is 24.3 Å². The van der Waals surface area contributed by atoms with Crippen LogP contribution < -0.4 is 10.6 Å². The van der Waals surface area contributed by atoms with Gasteiger partial charge < -0.3 is 15.5 Å². The van der Waals surface area contributed by atoms with Crippen molar-refractivity contribution in [2.24, 2.45) is 13.0 Å². The van der Waals surface area contributed by atoms with E-state index in [9.17, 15) is 9.59 Å². The Balaban J connectivity index is 1.61. The van der Waals surface area contributed by atoms with Crippen LogP contribution in [0.2, 0.25) is 0 Å². The van der Waals surface area contributed by atoms with Gasteiger partial charge in [-0.05, 0) is 19.1 Å². The van der Waals surface area contributed by atoms with E-state index < -0.39 is 5.92 Å². The number of hydrogen-bond donors (Lipinski definition) is 2. The monoisotopic (exact) mass is 356 g/mol. The minimum atomic E-state index is -0.412. The van der Waals surface area contributed by atoms with Crippen LogP contribution in [0.5, 0.6) is 0 Å². The predicted molar refractivity (Wildman–Crippen MR) is 97.3 cm³/mol. The Morgan fingerprint density at radius 3 is 2.77 bits per heavy atom. The molecule has 0 aliphatic carbocycles. The third-order valence-electron chi connectivity index (χ3n) is 4.91. The minimum absolute atomic E-state index is 0.0231. The van der Waals surface area contributed by atoms with Gasteiger partial charge in [-0.3, -0.25) is 14.3 Å². The lowest BCUT2D eigenvalue weighted by atomic mass is 9.93. The molecule has 1 fully saturated rings. The van der Waals surface area contributed by atoms with Gasteiger partial charge in [-0.25, -0.2) is 4.98 Å². The van der Waals surface area contributed by atoms with Crippen molar-refractivity contribution in [3.63, 3.8) is 0 Å². The topological polar surface area (TPSA) is 92.2 Å². The number of hydrogen-bond acceptors (Lipinski definition) is 5. The third kappa shape index (κ3) is 3.54. The number of rotatable bonds is 6. The molecule has 0 bridgehead atoms. The third-order valence-corrected chi connectivity index (χ3v) is 4.91. The molecule has 0 radical (unpaired) electrons. The zero-order valence-corrected chi connectivity index (χ0v) is 15.3. The molecule has 8 nitrogen and oxygen atoms in total. The van der Waals surface area contributed by atoms with Crippen molar-refractivity contribution in [2.45, 2.75) is 19.4 Å². The molecule has 1 saturated heterocycles. The molecule has 0 spiro atoms. The number of aryl methyl sites for hydroxylation is 1. The van der Waals surface area contributed by atoms with E-state index >= 15 is 0 Å². The number of aromatic nitrogens is 3. The number of anilines is 1. The molecule has 3 rings (SSSR count). The summed E-state index contributed by atoms with van der Waals surface area (Å²) < 4.78 is 1.76. The zero-order chi connectivity index (χ0) is 18.7. The van der Waals surface area contributed by atoms with Crippen LogP contribution in [0.15, 0.2) is 30.6 Å². The molecule has 2 aromatic rings. The number of carbonyl (C=O) groups is 2. The van der Waals surface area contributed by atoms with E-state index in [4.69, 9.17) is 0 Å². The average Bonchev–Trinajstić information content (AvgIpc) is 3.12. The second-order valence-corrected chi connectivity index (χ2v) is 6.50. The van der Waals surface area contributed by atoms with Gasteiger partial charge in [0.25, 0.3) is 0 Å². The molecule has 0 unspecified atom stereocenters. The van der Waals surface area contributed by atoms with Gasteiger partial charge in [0.05, 0.1) is 18.2 Å². The highest BCUT2D eigenvalue weighted by molar-refractivity contribution is 5.90. The summed E-state index contributed by atoms with van der Waals surface area (Å²) in [5.74, 6) is 0.218. The van der Waals surface area contributed by atoms with E-state index in [1.807, 2.05) is 32.2 Å². The lowest BCUT2D eigenvalue weighted by Gasteiger charge is -2.24. The Kier molecular flexibility index (Phi) is 5.20. The lowest BCUT2D eigenvalue weighted by Crippen LogP contribution is -2.37. The number of pyridine rings is 1. The van der Waals surface area contributed by atoms with Crippen molar-refractivity contribution in [1.29, 1.82) is 0 Å². The first-order chi connectivity index (χ1) is 12.5. The summed E-state index contributed by atoms with van der Waals surface area (Å²) in [5, 5.41) is 10.3. The zero-order valence-electron chi connectivity index (χ0n) is 15.3. The highest BCUT2D eigenvalue weighted by Crippen LogP contribution is 2.38. The van der Waals surface area contributed by atoms with Crippen molar-refractivity contribution >= 4 is 17.6 Å². The Hall–Kier alpha value is -2.90. The number of likely N-dealkylation sites (tertiary alicyclic amines) is 1. The van der Waals surface area contributed by atoms with Crippen LogP contribution in [0.4, 0.5) is 5.82 Å². The number of carbonyl (C=O) groups excluding carboxylic acids is 2. The van der Waals surface area contributed by atoms with Crippen LogP contribution in [-0.2, 0) is 16.6 Å². The minimum Gasteiger partial charge on any atom is -0.368 e. The van der Waals surface area contributed by atoms with Gasteiger partial charge in [0.15, 0.2) is 0 Å². The van der Waals surface area contributed by atoms with Gasteiger partial charge >= 0.3 is 0 Å². The summed E-state index contributed by atoms with van der Waals surface area (Å²) in [7, 11) is 3.60. The van der Waals surface area contributed by atoms with Crippen molar-refractivity contribution < 1.29 is 9.59 Å². The molecule has 2 aromatic heterocycles. The Morgan fingerprint density at radius 1 is 1.31 bits per heavy atom. The maximum Gasteiger partial charge on any atom is 0.226 e. The summed E-state index contributed by atoms with van der Waals surface area (Å²) in [6, 6.07) is 5.34. The van der Waals surface area contributed by atoms with E-state index in [1.165, 1.54) is 0 Å². The van der Waals surface area contributed by atoms with Gasteiger partial charge in [-0.15, -0.1) is 0 Å². The fourth-order valence-electron chi connectivity index (χ4n) is 3.31. The van der Waals surface area contributed by atoms with Gasteiger partial charge in [-0.2, -0.15) is 5.10 Å². The number of amides is 2. The highest BCUT2D eigenvalue weighted by Gasteiger charge is 2.43. The highest BCUT2D eigenvalue weighted by atomic mass is 16.2. The molecule has 1 aliphatic heterocycles. The fraction of sp³-hybridized carbons (Fsp3) is 0.444. The fourth-order valence-corrected chi connectivity index (χ4v) is 3.31.